The summed E-state index contributed by atoms with van der Waals surface area (Å²) in [4.78, 5) is 12.1. The summed E-state index contributed by atoms with van der Waals surface area (Å²) in [7, 11) is 0. The van der Waals surface area contributed by atoms with Crippen molar-refractivity contribution in [1.82, 2.24) is 15.1 Å². The van der Waals surface area contributed by atoms with Crippen LogP contribution >= 0.6 is 0 Å². The molecule has 1 heterocycles. The number of anilines is 1. The summed E-state index contributed by atoms with van der Waals surface area (Å²) in [6.45, 7) is 4.45. The lowest BCUT2D eigenvalue weighted by Crippen LogP contribution is -2.36. The third kappa shape index (κ3) is 3.13. The molecule has 0 aliphatic heterocycles. The Morgan fingerprint density at radius 2 is 2.26 bits per heavy atom. The van der Waals surface area contributed by atoms with E-state index in [0.717, 1.165) is 5.56 Å². The Morgan fingerprint density at radius 1 is 1.47 bits per heavy atom. The van der Waals surface area contributed by atoms with Crippen LogP contribution in [0.15, 0.2) is 36.7 Å². The van der Waals surface area contributed by atoms with Crippen LogP contribution in [0.4, 0.5) is 5.69 Å². The lowest BCUT2D eigenvalue weighted by atomic mass is 10.1. The molecule has 1 unspecified atom stereocenters. The van der Waals surface area contributed by atoms with Gasteiger partial charge in [-0.1, -0.05) is 12.1 Å². The number of aromatic nitrogens is 2. The van der Waals surface area contributed by atoms with E-state index in [-0.39, 0.29) is 11.9 Å². The standard InChI is InChI=1S/C14H18N4O/c1-10-5-3-6-12(13(10)15)14(19)17-11(2)9-18-8-4-7-16-18/h3-8,11H,9,15H2,1-2H3,(H,17,19). The molecule has 1 aromatic heterocycles. The van der Waals surface area contributed by atoms with Gasteiger partial charge >= 0.3 is 0 Å². The topological polar surface area (TPSA) is 72.9 Å². The Balaban J connectivity index is 2.02. The maximum atomic E-state index is 12.1. The predicted molar refractivity (Wildman–Crippen MR) is 74.7 cm³/mol. The summed E-state index contributed by atoms with van der Waals surface area (Å²) in [6.07, 6.45) is 3.58. The highest BCUT2D eigenvalue weighted by Gasteiger charge is 2.13. The van der Waals surface area contributed by atoms with Gasteiger partial charge in [-0.25, -0.2) is 0 Å². The normalized spacial score (nSPS) is 12.1. The van der Waals surface area contributed by atoms with Crippen molar-refractivity contribution < 1.29 is 4.79 Å². The number of nitrogens with two attached hydrogens (primary N) is 1. The van der Waals surface area contributed by atoms with Crippen LogP contribution in [0.1, 0.15) is 22.8 Å². The molecule has 100 valence electrons. The second-order valence-electron chi connectivity index (χ2n) is 4.64. The second-order valence-corrected chi connectivity index (χ2v) is 4.64. The van der Waals surface area contributed by atoms with E-state index in [1.807, 2.05) is 38.2 Å². The molecule has 2 aromatic rings. The van der Waals surface area contributed by atoms with Gasteiger partial charge in [-0.3, -0.25) is 9.48 Å². The van der Waals surface area contributed by atoms with E-state index in [4.69, 9.17) is 5.73 Å². The summed E-state index contributed by atoms with van der Waals surface area (Å²) in [6, 6.07) is 7.29. The number of hydrogen-bond acceptors (Lipinski definition) is 3. The number of benzene rings is 1. The third-order valence-corrected chi connectivity index (χ3v) is 2.97. The van der Waals surface area contributed by atoms with Crippen molar-refractivity contribution in [3.05, 3.63) is 47.8 Å². The lowest BCUT2D eigenvalue weighted by molar-refractivity contribution is 0.0937. The zero-order valence-electron chi connectivity index (χ0n) is 11.1. The second kappa shape index (κ2) is 5.56. The zero-order valence-corrected chi connectivity index (χ0v) is 11.1. The van der Waals surface area contributed by atoms with E-state index in [1.54, 1.807) is 16.9 Å². The molecule has 0 spiro atoms. The molecule has 0 aliphatic rings. The van der Waals surface area contributed by atoms with Crippen LogP contribution < -0.4 is 11.1 Å². The number of nitrogen functional groups attached to an aromatic ring is 1. The van der Waals surface area contributed by atoms with Gasteiger partial charge < -0.3 is 11.1 Å². The molecule has 0 bridgehead atoms. The Hall–Kier alpha value is -2.30. The van der Waals surface area contributed by atoms with Gasteiger partial charge in [-0.05, 0) is 31.5 Å². The van der Waals surface area contributed by atoms with E-state index in [0.29, 0.717) is 17.8 Å². The molecule has 0 saturated heterocycles. The highest BCUT2D eigenvalue weighted by atomic mass is 16.1. The summed E-state index contributed by atoms with van der Waals surface area (Å²) in [5.41, 5.74) is 7.88. The van der Waals surface area contributed by atoms with Crippen LogP contribution in [0.5, 0.6) is 0 Å². The van der Waals surface area contributed by atoms with Crippen LogP contribution in [0.2, 0.25) is 0 Å². The van der Waals surface area contributed by atoms with E-state index in [9.17, 15) is 4.79 Å². The number of aryl methyl sites for hydroxylation is 1. The van der Waals surface area contributed by atoms with Gasteiger partial charge in [-0.15, -0.1) is 0 Å². The molecule has 0 saturated carbocycles. The monoisotopic (exact) mass is 258 g/mol. The van der Waals surface area contributed by atoms with Crippen molar-refractivity contribution in [2.24, 2.45) is 0 Å². The first-order valence-corrected chi connectivity index (χ1v) is 6.21. The Kier molecular flexibility index (Phi) is 3.85. The van der Waals surface area contributed by atoms with Crippen molar-refractivity contribution in [3.8, 4) is 0 Å². The van der Waals surface area contributed by atoms with Gasteiger partial charge in [0.1, 0.15) is 0 Å². The van der Waals surface area contributed by atoms with Crippen LogP contribution in [0.3, 0.4) is 0 Å². The first kappa shape index (κ1) is 13.1. The van der Waals surface area contributed by atoms with Gasteiger partial charge in [0.15, 0.2) is 0 Å². The summed E-state index contributed by atoms with van der Waals surface area (Å²) < 4.78 is 1.78. The van der Waals surface area contributed by atoms with Crippen molar-refractivity contribution in [1.29, 1.82) is 0 Å². The lowest BCUT2D eigenvalue weighted by Gasteiger charge is -2.15. The molecule has 1 atom stereocenters. The fourth-order valence-corrected chi connectivity index (χ4v) is 1.91. The smallest absolute Gasteiger partial charge is 0.253 e. The van der Waals surface area contributed by atoms with Gasteiger partial charge in [0, 0.05) is 24.1 Å². The molecular weight excluding hydrogens is 240 g/mol. The highest BCUT2D eigenvalue weighted by Crippen LogP contribution is 2.16. The van der Waals surface area contributed by atoms with E-state index in [2.05, 4.69) is 10.4 Å². The van der Waals surface area contributed by atoms with Crippen LogP contribution in [-0.4, -0.2) is 21.7 Å². The fourth-order valence-electron chi connectivity index (χ4n) is 1.91. The maximum absolute atomic E-state index is 12.1. The summed E-state index contributed by atoms with van der Waals surface area (Å²) in [5.74, 6) is -0.152. The van der Waals surface area contributed by atoms with Gasteiger partial charge in [0.25, 0.3) is 5.91 Å². The van der Waals surface area contributed by atoms with Crippen LogP contribution in [-0.2, 0) is 6.54 Å². The molecule has 5 nitrogen and oxygen atoms in total. The van der Waals surface area contributed by atoms with Gasteiger partial charge in [-0.2, -0.15) is 5.10 Å². The maximum Gasteiger partial charge on any atom is 0.253 e. The molecule has 2 rings (SSSR count). The molecule has 1 amide bonds. The number of para-hydroxylation sites is 1. The molecule has 0 aliphatic carbocycles. The number of amides is 1. The number of hydrogen-bond donors (Lipinski definition) is 2. The molecule has 1 aromatic carbocycles. The molecule has 3 N–H and O–H groups in total. The Morgan fingerprint density at radius 3 is 2.95 bits per heavy atom. The number of carbonyl (C=O) groups excluding carboxylic acids is 1. The fraction of sp³-hybridized carbons (Fsp3) is 0.286. The van der Waals surface area contributed by atoms with Crippen LogP contribution in [0.25, 0.3) is 0 Å². The largest absolute Gasteiger partial charge is 0.398 e. The third-order valence-electron chi connectivity index (χ3n) is 2.97. The first-order chi connectivity index (χ1) is 9.08. The van der Waals surface area contributed by atoms with E-state index < -0.39 is 0 Å². The van der Waals surface area contributed by atoms with Gasteiger partial charge in [0.2, 0.25) is 0 Å². The minimum Gasteiger partial charge on any atom is -0.398 e. The summed E-state index contributed by atoms with van der Waals surface area (Å²) in [5, 5.41) is 7.03. The van der Waals surface area contributed by atoms with Crippen molar-refractivity contribution in [2.45, 2.75) is 26.4 Å². The van der Waals surface area contributed by atoms with E-state index >= 15 is 0 Å². The quantitative estimate of drug-likeness (QED) is 0.818. The molecule has 5 heteroatoms. The SMILES string of the molecule is Cc1cccc(C(=O)NC(C)Cn2cccn2)c1N. The Labute approximate surface area is 112 Å². The average molecular weight is 258 g/mol. The molecular formula is C14H18N4O. The highest BCUT2D eigenvalue weighted by molar-refractivity contribution is 5.99. The van der Waals surface area contributed by atoms with Gasteiger partial charge in [0.05, 0.1) is 12.1 Å². The number of rotatable bonds is 4. The minimum absolute atomic E-state index is 0.0210. The first-order valence-electron chi connectivity index (χ1n) is 6.21. The van der Waals surface area contributed by atoms with Crippen molar-refractivity contribution >= 4 is 11.6 Å². The number of nitrogens with one attached hydrogen (secondary N) is 1. The van der Waals surface area contributed by atoms with E-state index in [1.165, 1.54) is 0 Å². The number of carbonyl (C=O) groups is 1. The molecule has 19 heavy (non-hydrogen) atoms. The van der Waals surface area contributed by atoms with Crippen molar-refractivity contribution in [3.63, 3.8) is 0 Å². The predicted octanol–water partition coefficient (Wildman–Crippen LogP) is 1.59. The van der Waals surface area contributed by atoms with Crippen LogP contribution in [0, 0.1) is 6.92 Å². The molecule has 0 radical (unpaired) electrons. The molecule has 0 fully saturated rings. The summed E-state index contributed by atoms with van der Waals surface area (Å²) >= 11 is 0. The zero-order chi connectivity index (χ0) is 13.8. The Bertz CT molecular complexity index is 563. The number of nitrogens with zero attached hydrogens (tertiary/aromatic N) is 2. The average Bonchev–Trinajstić information content (AvgIpc) is 2.85. The minimum atomic E-state index is -0.152. The van der Waals surface area contributed by atoms with Crippen molar-refractivity contribution in [2.75, 3.05) is 5.73 Å².